The lowest BCUT2D eigenvalue weighted by Crippen LogP contribution is -2.61. The highest BCUT2D eigenvalue weighted by atomic mass is 32.2. The number of nitrogens with zero attached hydrogens (tertiary/aromatic N) is 2. The van der Waals surface area contributed by atoms with Crippen molar-refractivity contribution in [2.45, 2.75) is 17.6 Å². The van der Waals surface area contributed by atoms with Gasteiger partial charge in [0.05, 0.1) is 18.6 Å². The topological polar surface area (TPSA) is 99.6 Å². The monoisotopic (exact) mass is 491 g/mol. The van der Waals surface area contributed by atoms with E-state index in [-0.39, 0.29) is 29.8 Å². The van der Waals surface area contributed by atoms with Crippen LogP contribution in [0, 0.1) is 12.7 Å². The molecule has 1 aromatic heterocycles. The maximum Gasteiger partial charge on any atom is 0.279 e. The zero-order valence-corrected chi connectivity index (χ0v) is 19.6. The molecule has 0 radical (unpaired) electrons. The summed E-state index contributed by atoms with van der Waals surface area (Å²) >= 11 is 0. The number of β-amino-alcohol motifs (C(OH)–C–C–N with tert-alkyl or cyclic N) is 1. The fourth-order valence-electron chi connectivity index (χ4n) is 4.32. The van der Waals surface area contributed by atoms with E-state index in [1.54, 1.807) is 25.1 Å². The first kappa shape index (κ1) is 22.9. The minimum Gasteiger partial charge on any atom is -0.381 e. The van der Waals surface area contributed by atoms with Crippen molar-refractivity contribution in [3.63, 3.8) is 0 Å². The zero-order chi connectivity index (χ0) is 24.8. The number of sulfonamides is 1. The average Bonchev–Trinajstić information content (AvgIpc) is 2.81. The Labute approximate surface area is 201 Å². The van der Waals surface area contributed by atoms with Crippen molar-refractivity contribution in [2.24, 2.45) is 0 Å². The Morgan fingerprint density at radius 2 is 1.74 bits per heavy atom. The zero-order valence-electron chi connectivity index (χ0n) is 18.8. The molecule has 7 nitrogen and oxygen atoms in total. The molecule has 1 saturated heterocycles. The lowest BCUT2D eigenvalue weighted by Gasteiger charge is -2.47. The van der Waals surface area contributed by atoms with Crippen molar-refractivity contribution in [3.8, 4) is 0 Å². The van der Waals surface area contributed by atoms with Gasteiger partial charge in [-0.3, -0.25) is 9.52 Å². The number of likely N-dealkylation sites (tertiary alicyclic amines) is 1. The maximum absolute atomic E-state index is 13.4. The lowest BCUT2D eigenvalue weighted by atomic mass is 9.83. The van der Waals surface area contributed by atoms with Crippen LogP contribution in [-0.4, -0.2) is 42.4 Å². The summed E-state index contributed by atoms with van der Waals surface area (Å²) in [7, 11) is -3.92. The van der Waals surface area contributed by atoms with Gasteiger partial charge in [-0.25, -0.2) is 9.37 Å². The minimum absolute atomic E-state index is 0.0837. The molecular formula is C26H22FN3O4S. The fraction of sp³-hybridized carbons (Fsp3) is 0.154. The molecule has 3 aromatic carbocycles. The second-order valence-corrected chi connectivity index (χ2v) is 10.3. The van der Waals surface area contributed by atoms with Crippen LogP contribution in [0.15, 0.2) is 83.9 Å². The van der Waals surface area contributed by atoms with Crippen molar-refractivity contribution in [1.82, 2.24) is 9.88 Å². The van der Waals surface area contributed by atoms with Crippen LogP contribution in [0.3, 0.4) is 0 Å². The second-order valence-electron chi connectivity index (χ2n) is 8.68. The molecule has 0 aliphatic carbocycles. The Kier molecular flexibility index (Phi) is 5.53. The second kappa shape index (κ2) is 8.44. The fourth-order valence-corrected chi connectivity index (χ4v) is 5.33. The molecule has 4 aromatic rings. The quantitative estimate of drug-likeness (QED) is 0.442. The Morgan fingerprint density at radius 1 is 1.03 bits per heavy atom. The smallest absolute Gasteiger partial charge is 0.279 e. The van der Waals surface area contributed by atoms with Crippen molar-refractivity contribution in [3.05, 3.63) is 101 Å². The molecule has 178 valence electrons. The van der Waals surface area contributed by atoms with Crippen LogP contribution in [0.4, 0.5) is 10.1 Å². The first-order valence-corrected chi connectivity index (χ1v) is 12.4. The van der Waals surface area contributed by atoms with Gasteiger partial charge < -0.3 is 10.0 Å². The molecule has 1 aliphatic heterocycles. The summed E-state index contributed by atoms with van der Waals surface area (Å²) in [6.45, 7) is 1.88. The first-order chi connectivity index (χ1) is 16.6. The number of para-hydroxylation sites is 1. The van der Waals surface area contributed by atoms with Crippen LogP contribution >= 0.6 is 0 Å². The molecule has 0 atom stereocenters. The molecule has 0 bridgehead atoms. The van der Waals surface area contributed by atoms with Gasteiger partial charge in [0, 0.05) is 16.6 Å². The number of benzene rings is 3. The van der Waals surface area contributed by atoms with Crippen molar-refractivity contribution in [1.29, 1.82) is 0 Å². The molecule has 0 unspecified atom stereocenters. The van der Waals surface area contributed by atoms with Gasteiger partial charge in [-0.2, -0.15) is 8.42 Å². The van der Waals surface area contributed by atoms with Gasteiger partial charge in [0.15, 0.2) is 5.03 Å². The van der Waals surface area contributed by atoms with E-state index in [0.717, 1.165) is 5.39 Å². The Morgan fingerprint density at radius 3 is 2.46 bits per heavy atom. The SMILES string of the molecule is Cc1cc(F)ccc1C1(O)CN(C(=O)c2ccc(NS(=O)(=O)c3ccc4ccccc4n3)cc2)C1. The van der Waals surface area contributed by atoms with Gasteiger partial charge in [-0.05, 0) is 72.6 Å². The number of amides is 1. The summed E-state index contributed by atoms with van der Waals surface area (Å²) in [5.41, 5.74) is 1.21. The summed E-state index contributed by atoms with van der Waals surface area (Å²) in [5, 5.41) is 11.6. The molecule has 2 heterocycles. The van der Waals surface area contributed by atoms with E-state index in [1.165, 1.54) is 53.4 Å². The molecule has 9 heteroatoms. The third-order valence-electron chi connectivity index (χ3n) is 6.11. The maximum atomic E-state index is 13.4. The van der Waals surface area contributed by atoms with E-state index in [0.29, 0.717) is 27.9 Å². The summed E-state index contributed by atoms with van der Waals surface area (Å²) in [6, 6.07) is 20.6. The van der Waals surface area contributed by atoms with Gasteiger partial charge in [-0.1, -0.05) is 24.3 Å². The number of aliphatic hydroxyl groups is 1. The number of halogens is 1. The van der Waals surface area contributed by atoms with Crippen molar-refractivity contribution >= 4 is 32.5 Å². The number of carbonyl (C=O) groups excluding carboxylic acids is 1. The standard InChI is InChI=1S/C26H22FN3O4S/c1-17-14-20(27)9-12-22(17)26(32)15-30(16-26)25(31)19-6-10-21(11-7-19)29-35(33,34)24-13-8-18-4-2-3-5-23(18)28-24/h2-14,29,32H,15-16H2,1H3. The molecule has 1 aliphatic rings. The molecule has 1 amide bonds. The molecule has 5 rings (SSSR count). The summed E-state index contributed by atoms with van der Waals surface area (Å²) < 4.78 is 41.4. The summed E-state index contributed by atoms with van der Waals surface area (Å²) in [6.07, 6.45) is 0. The van der Waals surface area contributed by atoms with Crippen LogP contribution in [0.5, 0.6) is 0 Å². The molecule has 0 saturated carbocycles. The number of rotatable bonds is 5. The number of hydrogen-bond acceptors (Lipinski definition) is 5. The van der Waals surface area contributed by atoms with E-state index >= 15 is 0 Å². The number of hydrogen-bond donors (Lipinski definition) is 2. The minimum atomic E-state index is -3.92. The average molecular weight is 492 g/mol. The number of pyridine rings is 1. The lowest BCUT2D eigenvalue weighted by molar-refractivity contribution is -0.0867. The van der Waals surface area contributed by atoms with Crippen LogP contribution in [0.2, 0.25) is 0 Å². The van der Waals surface area contributed by atoms with Crippen molar-refractivity contribution < 1.29 is 22.7 Å². The Balaban J connectivity index is 1.27. The molecular weight excluding hydrogens is 469 g/mol. The van der Waals surface area contributed by atoms with Gasteiger partial charge in [0.2, 0.25) is 0 Å². The summed E-state index contributed by atoms with van der Waals surface area (Å²) in [4.78, 5) is 18.5. The number of aromatic nitrogens is 1. The van der Waals surface area contributed by atoms with Crippen LogP contribution < -0.4 is 4.72 Å². The predicted octanol–water partition coefficient (Wildman–Crippen LogP) is 3.83. The van der Waals surface area contributed by atoms with Crippen LogP contribution in [0.1, 0.15) is 21.5 Å². The highest BCUT2D eigenvalue weighted by molar-refractivity contribution is 7.92. The van der Waals surface area contributed by atoms with Gasteiger partial charge in [0.1, 0.15) is 11.4 Å². The number of carbonyl (C=O) groups is 1. The molecule has 2 N–H and O–H groups in total. The summed E-state index contributed by atoms with van der Waals surface area (Å²) in [5.74, 6) is -0.672. The van der Waals surface area contributed by atoms with E-state index in [1.807, 2.05) is 12.1 Å². The van der Waals surface area contributed by atoms with Gasteiger partial charge in [0.25, 0.3) is 15.9 Å². The third kappa shape index (κ3) is 4.36. The number of anilines is 1. The largest absolute Gasteiger partial charge is 0.381 e. The first-order valence-electron chi connectivity index (χ1n) is 10.9. The number of fused-ring (bicyclic) bond motifs is 1. The van der Waals surface area contributed by atoms with Crippen LogP contribution in [0.25, 0.3) is 10.9 Å². The molecule has 1 fully saturated rings. The van der Waals surface area contributed by atoms with Crippen LogP contribution in [-0.2, 0) is 15.6 Å². The Hall–Kier alpha value is -3.82. The Bertz CT molecular complexity index is 1550. The van der Waals surface area contributed by atoms with E-state index in [9.17, 15) is 22.7 Å². The highest BCUT2D eigenvalue weighted by Crippen LogP contribution is 2.35. The number of aryl methyl sites for hydroxylation is 1. The number of nitrogens with one attached hydrogen (secondary N) is 1. The normalized spacial score (nSPS) is 15.0. The van der Waals surface area contributed by atoms with Gasteiger partial charge >= 0.3 is 0 Å². The van der Waals surface area contributed by atoms with Crippen molar-refractivity contribution in [2.75, 3.05) is 17.8 Å². The van der Waals surface area contributed by atoms with E-state index in [2.05, 4.69) is 9.71 Å². The highest BCUT2D eigenvalue weighted by Gasteiger charge is 2.45. The molecule has 0 spiro atoms. The molecule has 35 heavy (non-hydrogen) atoms. The van der Waals surface area contributed by atoms with Gasteiger partial charge in [-0.15, -0.1) is 0 Å². The third-order valence-corrected chi connectivity index (χ3v) is 7.40. The van der Waals surface area contributed by atoms with E-state index < -0.39 is 15.6 Å². The predicted molar refractivity (Wildman–Crippen MR) is 130 cm³/mol. The van der Waals surface area contributed by atoms with E-state index in [4.69, 9.17) is 0 Å².